The van der Waals surface area contributed by atoms with E-state index in [9.17, 15) is 8.42 Å². The van der Waals surface area contributed by atoms with Crippen LogP contribution in [-0.2, 0) is 9.84 Å². The van der Waals surface area contributed by atoms with Crippen molar-refractivity contribution < 1.29 is 8.42 Å². The molecule has 1 N–H and O–H groups in total. The first kappa shape index (κ1) is 15.8. The molecule has 122 valence electrons. The molecule has 3 fully saturated rings. The molecule has 0 aromatic carbocycles. The Balaban J connectivity index is 1.65. The standard InChI is InChI=1S/C16H30N2O2S/c1-3-9-21(19,20)10-8-18-11-15(13-4-5-13)17-12-16(18,2)14-6-7-14/h13-15,17H,3-12H2,1-2H3. The first-order chi connectivity index (χ1) is 9.94. The maximum absolute atomic E-state index is 12.1. The van der Waals surface area contributed by atoms with Crippen LogP contribution in [0.25, 0.3) is 0 Å². The van der Waals surface area contributed by atoms with Crippen LogP contribution in [0.4, 0.5) is 0 Å². The lowest BCUT2D eigenvalue weighted by Crippen LogP contribution is -2.65. The molecular weight excluding hydrogens is 284 g/mol. The minimum absolute atomic E-state index is 0.174. The van der Waals surface area contributed by atoms with Gasteiger partial charge in [0.05, 0.1) is 5.75 Å². The van der Waals surface area contributed by atoms with Gasteiger partial charge >= 0.3 is 0 Å². The molecule has 2 saturated carbocycles. The molecule has 1 aliphatic heterocycles. The average molecular weight is 314 g/mol. The zero-order valence-electron chi connectivity index (χ0n) is 13.5. The third-order valence-electron chi connectivity index (χ3n) is 5.70. The van der Waals surface area contributed by atoms with Gasteiger partial charge in [0.1, 0.15) is 0 Å². The van der Waals surface area contributed by atoms with Crippen LogP contribution >= 0.6 is 0 Å². The van der Waals surface area contributed by atoms with Crippen LogP contribution in [0.15, 0.2) is 0 Å². The zero-order valence-corrected chi connectivity index (χ0v) is 14.3. The minimum Gasteiger partial charge on any atom is -0.311 e. The van der Waals surface area contributed by atoms with Crippen molar-refractivity contribution in [2.45, 2.75) is 57.5 Å². The van der Waals surface area contributed by atoms with E-state index in [1.165, 1.54) is 25.7 Å². The maximum atomic E-state index is 12.1. The number of rotatable bonds is 7. The monoisotopic (exact) mass is 314 g/mol. The van der Waals surface area contributed by atoms with E-state index in [0.717, 1.165) is 37.9 Å². The van der Waals surface area contributed by atoms with Crippen LogP contribution in [0.2, 0.25) is 0 Å². The number of sulfone groups is 1. The molecule has 2 atom stereocenters. The fourth-order valence-electron chi connectivity index (χ4n) is 3.89. The van der Waals surface area contributed by atoms with E-state index >= 15 is 0 Å². The van der Waals surface area contributed by atoms with Crippen molar-refractivity contribution in [2.24, 2.45) is 11.8 Å². The molecule has 1 saturated heterocycles. The topological polar surface area (TPSA) is 49.4 Å². The zero-order chi connectivity index (χ0) is 15.1. The lowest BCUT2D eigenvalue weighted by atomic mass is 9.89. The summed E-state index contributed by atoms with van der Waals surface area (Å²) in [5, 5.41) is 3.75. The molecule has 0 bridgehead atoms. The SMILES string of the molecule is CCCS(=O)(=O)CCN1CC(C2CC2)NCC1(C)C1CC1. The van der Waals surface area contributed by atoms with E-state index in [-0.39, 0.29) is 5.54 Å². The van der Waals surface area contributed by atoms with Crippen molar-refractivity contribution in [1.29, 1.82) is 0 Å². The molecule has 3 rings (SSSR count). The van der Waals surface area contributed by atoms with Crippen molar-refractivity contribution in [3.63, 3.8) is 0 Å². The van der Waals surface area contributed by atoms with Gasteiger partial charge in [-0.05, 0) is 50.9 Å². The third-order valence-corrected chi connectivity index (χ3v) is 7.53. The second kappa shape index (κ2) is 5.82. The van der Waals surface area contributed by atoms with Crippen LogP contribution in [0.5, 0.6) is 0 Å². The Bertz CT molecular complexity index is 471. The summed E-state index contributed by atoms with van der Waals surface area (Å²) < 4.78 is 24.1. The lowest BCUT2D eigenvalue weighted by Gasteiger charge is -2.49. The van der Waals surface area contributed by atoms with Gasteiger partial charge in [0, 0.05) is 37.0 Å². The molecule has 1 heterocycles. The van der Waals surface area contributed by atoms with Crippen LogP contribution < -0.4 is 5.32 Å². The fourth-order valence-corrected chi connectivity index (χ4v) is 5.22. The van der Waals surface area contributed by atoms with Gasteiger partial charge in [-0.25, -0.2) is 8.42 Å². The van der Waals surface area contributed by atoms with Crippen molar-refractivity contribution in [3.8, 4) is 0 Å². The number of nitrogens with zero attached hydrogens (tertiary/aromatic N) is 1. The highest BCUT2D eigenvalue weighted by molar-refractivity contribution is 7.91. The van der Waals surface area contributed by atoms with Crippen molar-refractivity contribution >= 4 is 9.84 Å². The molecule has 0 amide bonds. The molecule has 4 nitrogen and oxygen atoms in total. The average Bonchev–Trinajstić information content (AvgIpc) is 3.29. The first-order valence-corrected chi connectivity index (χ1v) is 10.5. The highest BCUT2D eigenvalue weighted by Gasteiger charge is 2.50. The highest BCUT2D eigenvalue weighted by Crippen LogP contribution is 2.45. The van der Waals surface area contributed by atoms with E-state index < -0.39 is 9.84 Å². The van der Waals surface area contributed by atoms with Gasteiger partial charge in [-0.3, -0.25) is 4.90 Å². The molecule has 0 aromatic heterocycles. The normalized spacial score (nSPS) is 35.0. The van der Waals surface area contributed by atoms with Crippen LogP contribution in [-0.4, -0.2) is 56.0 Å². The molecule has 21 heavy (non-hydrogen) atoms. The smallest absolute Gasteiger partial charge is 0.151 e. The lowest BCUT2D eigenvalue weighted by molar-refractivity contribution is 0.0360. The van der Waals surface area contributed by atoms with Gasteiger partial charge in [0.15, 0.2) is 9.84 Å². The second-order valence-corrected chi connectivity index (χ2v) is 9.86. The Morgan fingerprint density at radius 1 is 1.19 bits per heavy atom. The Morgan fingerprint density at radius 2 is 1.90 bits per heavy atom. The van der Waals surface area contributed by atoms with Crippen LogP contribution in [0.1, 0.15) is 46.0 Å². The molecular formula is C16H30N2O2S. The predicted octanol–water partition coefficient (Wildman–Crippen LogP) is 1.66. The van der Waals surface area contributed by atoms with Gasteiger partial charge in [0.25, 0.3) is 0 Å². The fraction of sp³-hybridized carbons (Fsp3) is 1.00. The third kappa shape index (κ3) is 3.62. The maximum Gasteiger partial charge on any atom is 0.151 e. The summed E-state index contributed by atoms with van der Waals surface area (Å²) in [6.45, 7) is 7.08. The molecule has 3 aliphatic rings. The highest BCUT2D eigenvalue weighted by atomic mass is 32.2. The molecule has 5 heteroatoms. The van der Waals surface area contributed by atoms with Gasteiger partial charge in [-0.15, -0.1) is 0 Å². The number of hydrogen-bond acceptors (Lipinski definition) is 4. The Kier molecular flexibility index (Phi) is 4.37. The van der Waals surface area contributed by atoms with Crippen molar-refractivity contribution in [2.75, 3.05) is 31.1 Å². The number of hydrogen-bond donors (Lipinski definition) is 1. The molecule has 0 radical (unpaired) electrons. The van der Waals surface area contributed by atoms with E-state index in [4.69, 9.17) is 0 Å². The predicted molar refractivity (Wildman–Crippen MR) is 86.2 cm³/mol. The number of piperazine rings is 1. The van der Waals surface area contributed by atoms with Crippen molar-refractivity contribution in [1.82, 2.24) is 10.2 Å². The Labute approximate surface area is 129 Å². The molecule has 0 aromatic rings. The summed E-state index contributed by atoms with van der Waals surface area (Å²) in [7, 11) is -2.87. The Hall–Kier alpha value is -0.130. The van der Waals surface area contributed by atoms with Crippen molar-refractivity contribution in [3.05, 3.63) is 0 Å². The minimum atomic E-state index is -2.87. The Morgan fingerprint density at radius 3 is 2.48 bits per heavy atom. The number of nitrogens with one attached hydrogen (secondary N) is 1. The molecule has 2 unspecified atom stereocenters. The van der Waals surface area contributed by atoms with Gasteiger partial charge in [-0.1, -0.05) is 6.92 Å². The van der Waals surface area contributed by atoms with Gasteiger partial charge in [-0.2, -0.15) is 0 Å². The van der Waals surface area contributed by atoms with E-state index in [2.05, 4.69) is 17.1 Å². The first-order valence-electron chi connectivity index (χ1n) is 8.63. The summed E-state index contributed by atoms with van der Waals surface area (Å²) in [5.74, 6) is 2.27. The van der Waals surface area contributed by atoms with Gasteiger partial charge < -0.3 is 5.32 Å². The molecule has 2 aliphatic carbocycles. The largest absolute Gasteiger partial charge is 0.311 e. The quantitative estimate of drug-likeness (QED) is 0.776. The molecule has 0 spiro atoms. The summed E-state index contributed by atoms with van der Waals surface area (Å²) in [6.07, 6.45) is 6.04. The van der Waals surface area contributed by atoms with E-state index in [1.54, 1.807) is 0 Å². The van der Waals surface area contributed by atoms with E-state index in [1.807, 2.05) is 6.92 Å². The summed E-state index contributed by atoms with van der Waals surface area (Å²) >= 11 is 0. The van der Waals surface area contributed by atoms with Crippen LogP contribution in [0, 0.1) is 11.8 Å². The summed E-state index contributed by atoms with van der Waals surface area (Å²) in [5.41, 5.74) is 0.174. The summed E-state index contributed by atoms with van der Waals surface area (Å²) in [6, 6.07) is 0.589. The van der Waals surface area contributed by atoms with Crippen LogP contribution in [0.3, 0.4) is 0 Å². The summed E-state index contributed by atoms with van der Waals surface area (Å²) in [4.78, 5) is 2.51. The van der Waals surface area contributed by atoms with Gasteiger partial charge in [0.2, 0.25) is 0 Å². The second-order valence-electron chi connectivity index (χ2n) is 7.55. The van der Waals surface area contributed by atoms with E-state index in [0.29, 0.717) is 17.5 Å².